The van der Waals surface area contributed by atoms with Gasteiger partial charge in [0.05, 0.1) is 12.9 Å². The predicted octanol–water partition coefficient (Wildman–Crippen LogP) is 3.55. The van der Waals surface area contributed by atoms with E-state index >= 15 is 0 Å². The van der Waals surface area contributed by atoms with Crippen LogP contribution in [-0.4, -0.2) is 23.9 Å². The molecule has 0 radical (unpaired) electrons. The monoisotopic (exact) mass is 250 g/mol. The molecule has 17 heavy (non-hydrogen) atoms. The molecule has 0 aromatic heterocycles. The molecule has 92 valence electrons. The van der Waals surface area contributed by atoms with Gasteiger partial charge in [-0.05, 0) is 25.0 Å². The Kier molecular flexibility index (Phi) is 4.49. The van der Waals surface area contributed by atoms with Crippen molar-refractivity contribution in [2.45, 2.75) is 30.9 Å². The Morgan fingerprint density at radius 2 is 2.18 bits per heavy atom. The maximum Gasteiger partial charge on any atom is 0.172 e. The summed E-state index contributed by atoms with van der Waals surface area (Å²) in [4.78, 5) is 12.0. The molecule has 3 heteroatoms. The molecule has 0 N–H and O–H groups in total. The molecule has 1 aromatic rings. The fraction of sp³-hybridized carbons (Fsp3) is 0.500. The first-order valence-corrected chi connectivity index (χ1v) is 7.13. The Bertz CT molecular complexity index is 384. The lowest BCUT2D eigenvalue weighted by Gasteiger charge is -2.08. The van der Waals surface area contributed by atoms with Gasteiger partial charge in [-0.3, -0.25) is 4.79 Å². The van der Waals surface area contributed by atoms with E-state index in [4.69, 9.17) is 4.74 Å². The average Bonchev–Trinajstić information content (AvgIpc) is 2.89. The molecule has 2 nitrogen and oxygen atoms in total. The van der Waals surface area contributed by atoms with Gasteiger partial charge in [0.2, 0.25) is 0 Å². The van der Waals surface area contributed by atoms with E-state index in [0.717, 1.165) is 11.3 Å². The van der Waals surface area contributed by atoms with Crippen LogP contribution in [0.2, 0.25) is 0 Å². The highest BCUT2D eigenvalue weighted by atomic mass is 32.2. The van der Waals surface area contributed by atoms with Gasteiger partial charge < -0.3 is 4.74 Å². The Labute approximate surface area is 107 Å². The molecule has 1 aliphatic rings. The van der Waals surface area contributed by atoms with E-state index in [1.807, 2.05) is 36.0 Å². The van der Waals surface area contributed by atoms with Gasteiger partial charge >= 0.3 is 0 Å². The van der Waals surface area contributed by atoms with Crippen LogP contribution in [0, 0.1) is 0 Å². The van der Waals surface area contributed by atoms with Crippen molar-refractivity contribution >= 4 is 17.5 Å². The van der Waals surface area contributed by atoms with E-state index in [-0.39, 0.29) is 5.78 Å². The van der Waals surface area contributed by atoms with Crippen LogP contribution in [-0.2, 0) is 0 Å². The van der Waals surface area contributed by atoms with Crippen LogP contribution in [0.15, 0.2) is 24.3 Å². The highest BCUT2D eigenvalue weighted by Gasteiger charge is 2.17. The minimum atomic E-state index is 0.209. The summed E-state index contributed by atoms with van der Waals surface area (Å²) in [6.45, 7) is 0. The number of carbonyl (C=O) groups is 1. The number of carbonyl (C=O) groups excluding carboxylic acids is 1. The van der Waals surface area contributed by atoms with Crippen molar-refractivity contribution in [1.29, 1.82) is 0 Å². The zero-order valence-electron chi connectivity index (χ0n) is 10.1. The summed E-state index contributed by atoms with van der Waals surface area (Å²) >= 11 is 1.81. The van der Waals surface area contributed by atoms with Crippen LogP contribution in [0.25, 0.3) is 0 Å². The molecule has 1 fully saturated rings. The van der Waals surface area contributed by atoms with Crippen molar-refractivity contribution in [3.8, 4) is 5.75 Å². The van der Waals surface area contributed by atoms with E-state index < -0.39 is 0 Å². The summed E-state index contributed by atoms with van der Waals surface area (Å²) in [7, 11) is 1.62. The lowest BCUT2D eigenvalue weighted by molar-refractivity contribution is 0.102. The van der Waals surface area contributed by atoms with E-state index in [2.05, 4.69) is 0 Å². The Balaban J connectivity index is 1.89. The van der Waals surface area contributed by atoms with Crippen molar-refractivity contribution in [2.24, 2.45) is 0 Å². The molecule has 1 aliphatic carbocycles. The minimum absolute atomic E-state index is 0.209. The second-order valence-electron chi connectivity index (χ2n) is 4.37. The molecule has 0 unspecified atom stereocenters. The Morgan fingerprint density at radius 3 is 2.88 bits per heavy atom. The number of hydrogen-bond acceptors (Lipinski definition) is 3. The van der Waals surface area contributed by atoms with Gasteiger partial charge in [0.1, 0.15) is 5.75 Å². The van der Waals surface area contributed by atoms with Crippen LogP contribution in [0.3, 0.4) is 0 Å². The third-order valence-corrected chi connectivity index (χ3v) is 4.52. The molecule has 0 amide bonds. The second-order valence-corrected chi connectivity index (χ2v) is 5.66. The van der Waals surface area contributed by atoms with E-state index in [1.165, 1.54) is 25.7 Å². The number of Topliss-reactive ketones (excluding diaryl/α,β-unsaturated/α-hetero) is 1. The number of ether oxygens (including phenoxy) is 1. The third-order valence-electron chi connectivity index (χ3n) is 3.14. The molecule has 0 bridgehead atoms. The van der Waals surface area contributed by atoms with Crippen molar-refractivity contribution in [2.75, 3.05) is 12.9 Å². The fourth-order valence-electron chi connectivity index (χ4n) is 2.13. The zero-order chi connectivity index (χ0) is 12.1. The van der Waals surface area contributed by atoms with Gasteiger partial charge in [0, 0.05) is 10.8 Å². The first-order valence-electron chi connectivity index (χ1n) is 6.08. The largest absolute Gasteiger partial charge is 0.497 e. The molecule has 0 aliphatic heterocycles. The molecule has 1 aromatic carbocycles. The molecule has 0 spiro atoms. The first kappa shape index (κ1) is 12.5. The van der Waals surface area contributed by atoms with Gasteiger partial charge in [0.25, 0.3) is 0 Å². The van der Waals surface area contributed by atoms with Gasteiger partial charge in [-0.2, -0.15) is 11.8 Å². The highest BCUT2D eigenvalue weighted by molar-refractivity contribution is 8.00. The molecular formula is C14H18O2S. The molecule has 0 atom stereocenters. The molecule has 2 rings (SSSR count). The second kappa shape index (κ2) is 6.10. The predicted molar refractivity (Wildman–Crippen MR) is 72.0 cm³/mol. The van der Waals surface area contributed by atoms with Crippen molar-refractivity contribution in [3.05, 3.63) is 29.8 Å². The minimum Gasteiger partial charge on any atom is -0.497 e. The van der Waals surface area contributed by atoms with Crippen LogP contribution in [0.5, 0.6) is 5.75 Å². The summed E-state index contributed by atoms with van der Waals surface area (Å²) in [5.74, 6) is 1.56. The quantitative estimate of drug-likeness (QED) is 0.747. The molecular weight excluding hydrogens is 232 g/mol. The lowest BCUT2D eigenvalue weighted by atomic mass is 10.1. The molecule has 0 heterocycles. The maximum atomic E-state index is 12.0. The number of thioether (sulfide) groups is 1. The summed E-state index contributed by atoms with van der Waals surface area (Å²) in [5.41, 5.74) is 0.759. The zero-order valence-corrected chi connectivity index (χ0v) is 11.0. The summed E-state index contributed by atoms with van der Waals surface area (Å²) < 4.78 is 5.12. The van der Waals surface area contributed by atoms with Crippen LogP contribution >= 0.6 is 11.8 Å². The number of ketones is 1. The SMILES string of the molecule is COc1cccc(C(=O)CSC2CCCC2)c1. The van der Waals surface area contributed by atoms with E-state index in [9.17, 15) is 4.79 Å². The van der Waals surface area contributed by atoms with Gasteiger partial charge in [-0.1, -0.05) is 25.0 Å². The van der Waals surface area contributed by atoms with Crippen molar-refractivity contribution < 1.29 is 9.53 Å². The normalized spacial score (nSPS) is 16.1. The lowest BCUT2D eigenvalue weighted by Crippen LogP contribution is -2.06. The number of hydrogen-bond donors (Lipinski definition) is 0. The average molecular weight is 250 g/mol. The first-order chi connectivity index (χ1) is 8.29. The molecule has 1 saturated carbocycles. The topological polar surface area (TPSA) is 26.3 Å². The molecule has 0 saturated heterocycles. The van der Waals surface area contributed by atoms with Gasteiger partial charge in [0.15, 0.2) is 5.78 Å². The van der Waals surface area contributed by atoms with Gasteiger partial charge in [-0.15, -0.1) is 0 Å². The van der Waals surface area contributed by atoms with Gasteiger partial charge in [-0.25, -0.2) is 0 Å². The Hall–Kier alpha value is -0.960. The fourth-order valence-corrected chi connectivity index (χ4v) is 3.35. The summed E-state index contributed by atoms with van der Waals surface area (Å²) in [5, 5.41) is 0.699. The van der Waals surface area contributed by atoms with E-state index in [1.54, 1.807) is 7.11 Å². The number of rotatable bonds is 5. The van der Waals surface area contributed by atoms with Crippen LogP contribution in [0.4, 0.5) is 0 Å². The number of methoxy groups -OCH3 is 1. The Morgan fingerprint density at radius 1 is 1.41 bits per heavy atom. The maximum absolute atomic E-state index is 12.0. The van der Waals surface area contributed by atoms with Crippen LogP contribution in [0.1, 0.15) is 36.0 Å². The third kappa shape index (κ3) is 3.50. The summed E-state index contributed by atoms with van der Waals surface area (Å²) in [6, 6.07) is 7.41. The smallest absolute Gasteiger partial charge is 0.172 e. The van der Waals surface area contributed by atoms with Crippen LogP contribution < -0.4 is 4.74 Å². The summed E-state index contributed by atoms with van der Waals surface area (Å²) in [6.07, 6.45) is 5.20. The number of benzene rings is 1. The standard InChI is InChI=1S/C14H18O2S/c1-16-12-6-4-5-11(9-12)14(15)10-17-13-7-2-3-8-13/h4-6,9,13H,2-3,7-8,10H2,1H3. The van der Waals surface area contributed by atoms with Crippen molar-refractivity contribution in [1.82, 2.24) is 0 Å². The van der Waals surface area contributed by atoms with Crippen molar-refractivity contribution in [3.63, 3.8) is 0 Å². The van der Waals surface area contributed by atoms with E-state index in [0.29, 0.717) is 11.0 Å². The highest BCUT2D eigenvalue weighted by Crippen LogP contribution is 2.29.